The number of rotatable bonds is 2. The van der Waals surface area contributed by atoms with Crippen LogP contribution in [0.5, 0.6) is 0 Å². The summed E-state index contributed by atoms with van der Waals surface area (Å²) in [5, 5.41) is 1.26. The highest BCUT2D eigenvalue weighted by Crippen LogP contribution is 2.26. The van der Waals surface area contributed by atoms with Crippen LogP contribution in [0.1, 0.15) is 11.1 Å². The fourth-order valence-electron chi connectivity index (χ4n) is 2.34. The number of hydrogen-bond donors (Lipinski definition) is 1. The number of hydrogen-bond acceptors (Lipinski definition) is 1. The molecular formula is C16H15BrN2. The number of anilines is 1. The Morgan fingerprint density at radius 2 is 2.00 bits per heavy atom. The number of benzene rings is 2. The fraction of sp³-hybridized carbons (Fsp3) is 0.125. The molecule has 1 aromatic heterocycles. The Kier molecular flexibility index (Phi) is 3.07. The lowest BCUT2D eigenvalue weighted by Crippen LogP contribution is -2.02. The summed E-state index contributed by atoms with van der Waals surface area (Å²) in [6.07, 6.45) is 2.11. The molecule has 96 valence electrons. The Labute approximate surface area is 121 Å². The molecule has 0 amide bonds. The molecule has 2 N–H and O–H groups in total. The van der Waals surface area contributed by atoms with Crippen LogP contribution in [0, 0.1) is 6.92 Å². The quantitative estimate of drug-likeness (QED) is 0.701. The number of aryl methyl sites for hydroxylation is 1. The van der Waals surface area contributed by atoms with E-state index in [1.807, 2.05) is 18.2 Å². The third kappa shape index (κ3) is 2.26. The van der Waals surface area contributed by atoms with Crippen molar-refractivity contribution in [3.05, 3.63) is 64.3 Å². The van der Waals surface area contributed by atoms with E-state index in [1.165, 1.54) is 16.5 Å². The maximum Gasteiger partial charge on any atom is 0.0507 e. The van der Waals surface area contributed by atoms with E-state index in [0.717, 1.165) is 22.3 Å². The minimum atomic E-state index is 0.778. The standard InChI is InChI=1S/C16H15BrN2/c1-11-5-6-12-7-8-19(16(12)9-11)10-13-14(17)3-2-4-15(13)18/h2-9H,10,18H2,1H3. The van der Waals surface area contributed by atoms with Gasteiger partial charge in [0.15, 0.2) is 0 Å². The van der Waals surface area contributed by atoms with Gasteiger partial charge in [-0.25, -0.2) is 0 Å². The lowest BCUT2D eigenvalue weighted by Gasteiger charge is -2.11. The zero-order valence-electron chi connectivity index (χ0n) is 10.7. The lowest BCUT2D eigenvalue weighted by molar-refractivity contribution is 0.835. The third-order valence-electron chi connectivity index (χ3n) is 3.41. The number of nitrogens with zero attached hydrogens (tertiary/aromatic N) is 1. The highest BCUT2D eigenvalue weighted by atomic mass is 79.9. The van der Waals surface area contributed by atoms with E-state index in [2.05, 4.69) is 57.9 Å². The molecule has 0 radical (unpaired) electrons. The van der Waals surface area contributed by atoms with Gasteiger partial charge in [-0.05, 0) is 42.1 Å². The second-order valence-electron chi connectivity index (χ2n) is 4.81. The lowest BCUT2D eigenvalue weighted by atomic mass is 10.1. The monoisotopic (exact) mass is 314 g/mol. The van der Waals surface area contributed by atoms with Gasteiger partial charge in [-0.15, -0.1) is 0 Å². The molecule has 0 aliphatic carbocycles. The van der Waals surface area contributed by atoms with E-state index in [-0.39, 0.29) is 0 Å². The Morgan fingerprint density at radius 3 is 2.79 bits per heavy atom. The molecule has 0 atom stereocenters. The van der Waals surface area contributed by atoms with Crippen molar-refractivity contribution in [2.75, 3.05) is 5.73 Å². The first kappa shape index (κ1) is 12.3. The number of aromatic nitrogens is 1. The molecule has 0 saturated carbocycles. The van der Waals surface area contributed by atoms with Gasteiger partial charge in [0.2, 0.25) is 0 Å². The van der Waals surface area contributed by atoms with Crippen molar-refractivity contribution in [3.63, 3.8) is 0 Å². The maximum absolute atomic E-state index is 6.07. The van der Waals surface area contributed by atoms with E-state index >= 15 is 0 Å². The average molecular weight is 315 g/mol. The number of halogens is 1. The van der Waals surface area contributed by atoms with Crippen molar-refractivity contribution in [2.24, 2.45) is 0 Å². The normalized spacial score (nSPS) is 11.1. The van der Waals surface area contributed by atoms with Crippen molar-refractivity contribution < 1.29 is 0 Å². The molecule has 3 heteroatoms. The van der Waals surface area contributed by atoms with Crippen LogP contribution in [0.25, 0.3) is 10.9 Å². The highest BCUT2D eigenvalue weighted by molar-refractivity contribution is 9.10. The molecular weight excluding hydrogens is 300 g/mol. The van der Waals surface area contributed by atoms with Crippen LogP contribution >= 0.6 is 15.9 Å². The summed E-state index contributed by atoms with van der Waals surface area (Å²) >= 11 is 3.58. The van der Waals surface area contributed by atoms with Crippen molar-refractivity contribution in [2.45, 2.75) is 13.5 Å². The van der Waals surface area contributed by atoms with E-state index in [0.29, 0.717) is 0 Å². The smallest absolute Gasteiger partial charge is 0.0507 e. The molecule has 19 heavy (non-hydrogen) atoms. The van der Waals surface area contributed by atoms with Gasteiger partial charge in [-0.1, -0.05) is 34.1 Å². The summed E-state index contributed by atoms with van der Waals surface area (Å²) in [6, 6.07) is 14.6. The highest BCUT2D eigenvalue weighted by Gasteiger charge is 2.07. The van der Waals surface area contributed by atoms with Crippen LogP contribution in [0.3, 0.4) is 0 Å². The number of nitrogens with two attached hydrogens (primary N) is 1. The first-order chi connectivity index (χ1) is 9.15. The van der Waals surface area contributed by atoms with Gasteiger partial charge in [-0.2, -0.15) is 0 Å². The first-order valence-electron chi connectivity index (χ1n) is 6.23. The second-order valence-corrected chi connectivity index (χ2v) is 5.67. The second kappa shape index (κ2) is 4.74. The molecule has 2 aromatic carbocycles. The Morgan fingerprint density at radius 1 is 1.16 bits per heavy atom. The van der Waals surface area contributed by atoms with E-state index in [1.54, 1.807) is 0 Å². The Balaban J connectivity index is 2.08. The van der Waals surface area contributed by atoms with Crippen molar-refractivity contribution in [3.8, 4) is 0 Å². The molecule has 0 aliphatic rings. The zero-order chi connectivity index (χ0) is 13.4. The molecule has 0 bridgehead atoms. The van der Waals surface area contributed by atoms with E-state index in [9.17, 15) is 0 Å². The molecule has 0 unspecified atom stereocenters. The van der Waals surface area contributed by atoms with Crippen LogP contribution < -0.4 is 5.73 Å². The number of fused-ring (bicyclic) bond motifs is 1. The van der Waals surface area contributed by atoms with Gasteiger partial charge in [0.1, 0.15) is 0 Å². The van der Waals surface area contributed by atoms with Gasteiger partial charge in [0, 0.05) is 27.4 Å². The van der Waals surface area contributed by atoms with Crippen LogP contribution in [0.4, 0.5) is 5.69 Å². The molecule has 3 rings (SSSR count). The summed E-state index contributed by atoms with van der Waals surface area (Å²) < 4.78 is 3.29. The fourth-order valence-corrected chi connectivity index (χ4v) is 2.85. The Bertz CT molecular complexity index is 723. The summed E-state index contributed by atoms with van der Waals surface area (Å²) in [5.41, 5.74) is 10.5. The van der Waals surface area contributed by atoms with Crippen LogP contribution in [-0.2, 0) is 6.54 Å². The molecule has 3 aromatic rings. The van der Waals surface area contributed by atoms with Gasteiger partial charge < -0.3 is 10.3 Å². The van der Waals surface area contributed by atoms with Crippen molar-refractivity contribution >= 4 is 32.5 Å². The largest absolute Gasteiger partial charge is 0.398 e. The topological polar surface area (TPSA) is 30.9 Å². The summed E-state index contributed by atoms with van der Waals surface area (Å²) in [6.45, 7) is 2.89. The zero-order valence-corrected chi connectivity index (χ0v) is 12.3. The molecule has 0 spiro atoms. The summed E-state index contributed by atoms with van der Waals surface area (Å²) in [7, 11) is 0. The summed E-state index contributed by atoms with van der Waals surface area (Å²) in [4.78, 5) is 0. The minimum Gasteiger partial charge on any atom is -0.398 e. The molecule has 1 heterocycles. The van der Waals surface area contributed by atoms with Crippen molar-refractivity contribution in [1.82, 2.24) is 4.57 Å². The number of nitrogen functional groups attached to an aromatic ring is 1. The third-order valence-corrected chi connectivity index (χ3v) is 4.16. The van der Waals surface area contributed by atoms with Gasteiger partial charge in [0.05, 0.1) is 6.54 Å². The van der Waals surface area contributed by atoms with Crippen LogP contribution in [-0.4, -0.2) is 4.57 Å². The Hall–Kier alpha value is -1.74. The minimum absolute atomic E-state index is 0.778. The summed E-state index contributed by atoms with van der Waals surface area (Å²) in [5.74, 6) is 0. The first-order valence-corrected chi connectivity index (χ1v) is 7.03. The SMILES string of the molecule is Cc1ccc2ccn(Cc3c(N)cccc3Br)c2c1. The molecule has 2 nitrogen and oxygen atoms in total. The van der Waals surface area contributed by atoms with E-state index < -0.39 is 0 Å². The van der Waals surface area contributed by atoms with Crippen molar-refractivity contribution in [1.29, 1.82) is 0 Å². The average Bonchev–Trinajstić information content (AvgIpc) is 2.76. The molecule has 0 aliphatic heterocycles. The predicted octanol–water partition coefficient (Wildman–Crippen LogP) is 4.34. The van der Waals surface area contributed by atoms with Crippen LogP contribution in [0.15, 0.2) is 53.1 Å². The maximum atomic E-state index is 6.07. The van der Waals surface area contributed by atoms with Gasteiger partial charge >= 0.3 is 0 Å². The van der Waals surface area contributed by atoms with Crippen LogP contribution in [0.2, 0.25) is 0 Å². The van der Waals surface area contributed by atoms with Gasteiger partial charge in [-0.3, -0.25) is 0 Å². The predicted molar refractivity (Wildman–Crippen MR) is 84.3 cm³/mol. The van der Waals surface area contributed by atoms with E-state index in [4.69, 9.17) is 5.73 Å². The molecule has 0 fully saturated rings. The molecule has 0 saturated heterocycles. The van der Waals surface area contributed by atoms with Gasteiger partial charge in [0.25, 0.3) is 0 Å².